The first kappa shape index (κ1) is 18.1. The predicted molar refractivity (Wildman–Crippen MR) is 103 cm³/mol. The van der Waals surface area contributed by atoms with Gasteiger partial charge in [-0.2, -0.15) is 4.31 Å². The Morgan fingerprint density at radius 1 is 1.19 bits per heavy atom. The second kappa shape index (κ2) is 7.03. The molecular formula is C19H17NO5S2. The Balaban J connectivity index is 1.62. The average molecular weight is 403 g/mol. The number of benzene rings is 1. The van der Waals surface area contributed by atoms with E-state index < -0.39 is 15.6 Å². The van der Waals surface area contributed by atoms with E-state index in [1.165, 1.54) is 39.9 Å². The first-order valence-electron chi connectivity index (χ1n) is 8.57. The zero-order valence-electron chi connectivity index (χ0n) is 14.3. The molecule has 140 valence electrons. The summed E-state index contributed by atoms with van der Waals surface area (Å²) < 4.78 is 32.6. The molecule has 0 spiro atoms. The van der Waals surface area contributed by atoms with Crippen LogP contribution < -0.4 is 5.63 Å². The fraction of sp³-hybridized carbons (Fsp3) is 0.263. The van der Waals surface area contributed by atoms with Gasteiger partial charge in [-0.15, -0.1) is 11.3 Å². The Hall–Kier alpha value is -2.29. The Morgan fingerprint density at radius 3 is 2.81 bits per heavy atom. The number of fused-ring (bicyclic) bond motifs is 1. The lowest BCUT2D eigenvalue weighted by atomic mass is 9.94. The van der Waals surface area contributed by atoms with Crippen LogP contribution in [0.4, 0.5) is 0 Å². The summed E-state index contributed by atoms with van der Waals surface area (Å²) in [6, 6.07) is 10.8. The van der Waals surface area contributed by atoms with Gasteiger partial charge in [0.2, 0.25) is 10.0 Å². The lowest BCUT2D eigenvalue weighted by Gasteiger charge is -2.31. The highest BCUT2D eigenvalue weighted by atomic mass is 32.2. The molecule has 1 aromatic carbocycles. The molecule has 1 saturated heterocycles. The van der Waals surface area contributed by atoms with E-state index in [1.807, 2.05) is 11.4 Å². The van der Waals surface area contributed by atoms with Crippen molar-refractivity contribution in [3.63, 3.8) is 0 Å². The fourth-order valence-electron chi connectivity index (χ4n) is 3.35. The van der Waals surface area contributed by atoms with Crippen LogP contribution in [-0.4, -0.2) is 31.6 Å². The summed E-state index contributed by atoms with van der Waals surface area (Å²) in [4.78, 5) is 24.7. The number of ketones is 1. The molecule has 1 aliphatic rings. The van der Waals surface area contributed by atoms with Crippen LogP contribution >= 0.6 is 11.3 Å². The van der Waals surface area contributed by atoms with Crippen molar-refractivity contribution in [3.8, 4) is 0 Å². The first-order valence-corrected chi connectivity index (χ1v) is 10.9. The van der Waals surface area contributed by atoms with E-state index in [2.05, 4.69) is 0 Å². The molecule has 1 fully saturated rings. The maximum Gasteiger partial charge on any atom is 0.336 e. The van der Waals surface area contributed by atoms with Crippen molar-refractivity contribution in [1.82, 2.24) is 4.31 Å². The molecule has 4 rings (SSSR count). The first-order chi connectivity index (χ1) is 12.9. The summed E-state index contributed by atoms with van der Waals surface area (Å²) in [6.07, 6.45) is 1.33. The Kier molecular flexibility index (Phi) is 4.71. The highest BCUT2D eigenvalue weighted by Crippen LogP contribution is 2.28. The monoisotopic (exact) mass is 403 g/mol. The molecule has 0 saturated carbocycles. The number of sulfonamides is 1. The molecular weight excluding hydrogens is 386 g/mol. The minimum atomic E-state index is -3.73. The van der Waals surface area contributed by atoms with Gasteiger partial charge in [0.1, 0.15) is 5.58 Å². The summed E-state index contributed by atoms with van der Waals surface area (Å²) in [6.45, 7) is 0.569. The van der Waals surface area contributed by atoms with Crippen LogP contribution in [-0.2, 0) is 10.0 Å². The van der Waals surface area contributed by atoms with E-state index in [1.54, 1.807) is 12.1 Å². The number of carbonyl (C=O) groups is 1. The zero-order valence-corrected chi connectivity index (χ0v) is 16.0. The maximum absolute atomic E-state index is 13.1. The van der Waals surface area contributed by atoms with Crippen LogP contribution in [0.3, 0.4) is 0 Å². The topological polar surface area (TPSA) is 84.7 Å². The van der Waals surface area contributed by atoms with Crippen molar-refractivity contribution in [2.75, 3.05) is 13.1 Å². The molecule has 8 heteroatoms. The number of piperidine rings is 1. The molecule has 1 unspecified atom stereocenters. The summed E-state index contributed by atoms with van der Waals surface area (Å²) in [5.74, 6) is -0.323. The summed E-state index contributed by atoms with van der Waals surface area (Å²) in [7, 11) is -3.73. The molecule has 2 aromatic heterocycles. The third kappa shape index (κ3) is 3.47. The van der Waals surface area contributed by atoms with E-state index in [0.717, 1.165) is 0 Å². The second-order valence-electron chi connectivity index (χ2n) is 6.50. The number of carbonyl (C=O) groups excluding carboxylic acids is 1. The fourth-order valence-corrected chi connectivity index (χ4v) is 5.66. The lowest BCUT2D eigenvalue weighted by Crippen LogP contribution is -2.42. The van der Waals surface area contributed by atoms with E-state index in [4.69, 9.17) is 4.42 Å². The SMILES string of the molecule is O=C(c1cccs1)C1CCCN(S(=O)(=O)c2ccc3oc(=O)ccc3c2)C1. The molecule has 1 aliphatic heterocycles. The van der Waals surface area contributed by atoms with Crippen LogP contribution in [0, 0.1) is 5.92 Å². The average Bonchev–Trinajstić information content (AvgIpc) is 3.21. The third-order valence-electron chi connectivity index (χ3n) is 4.75. The van der Waals surface area contributed by atoms with Crippen molar-refractivity contribution >= 4 is 38.1 Å². The molecule has 0 radical (unpaired) electrons. The predicted octanol–water partition coefficient (Wildman–Crippen LogP) is 3.14. The summed E-state index contributed by atoms with van der Waals surface area (Å²) in [5, 5.41) is 2.39. The van der Waals surface area contributed by atoms with E-state index in [0.29, 0.717) is 35.2 Å². The molecule has 0 amide bonds. The number of rotatable bonds is 4. The normalized spacial score (nSPS) is 18.6. The molecule has 3 heterocycles. The quantitative estimate of drug-likeness (QED) is 0.494. The highest BCUT2D eigenvalue weighted by Gasteiger charge is 2.34. The van der Waals surface area contributed by atoms with E-state index in [9.17, 15) is 18.0 Å². The van der Waals surface area contributed by atoms with Crippen LogP contribution in [0.15, 0.2) is 62.0 Å². The largest absolute Gasteiger partial charge is 0.423 e. The molecule has 0 aliphatic carbocycles. The Labute approximate surface area is 160 Å². The number of hydrogen-bond donors (Lipinski definition) is 0. The standard InChI is InChI=1S/C19H17NO5S2/c21-18-8-5-13-11-15(6-7-16(13)25-18)27(23,24)20-9-1-3-14(12-20)19(22)17-4-2-10-26-17/h2,4-8,10-11,14H,1,3,9,12H2. The molecule has 0 N–H and O–H groups in total. The van der Waals surface area contributed by atoms with Crippen LogP contribution in [0.25, 0.3) is 11.0 Å². The van der Waals surface area contributed by atoms with Crippen LogP contribution in [0.5, 0.6) is 0 Å². The van der Waals surface area contributed by atoms with Crippen molar-refractivity contribution in [2.45, 2.75) is 17.7 Å². The number of Topliss-reactive ketones (excluding diaryl/α,β-unsaturated/α-hetero) is 1. The molecule has 6 nitrogen and oxygen atoms in total. The third-order valence-corrected chi connectivity index (χ3v) is 7.49. The van der Waals surface area contributed by atoms with Gasteiger partial charge in [-0.05, 0) is 48.6 Å². The van der Waals surface area contributed by atoms with Gasteiger partial charge in [-0.3, -0.25) is 4.79 Å². The van der Waals surface area contributed by atoms with Gasteiger partial charge in [-0.1, -0.05) is 6.07 Å². The van der Waals surface area contributed by atoms with Gasteiger partial charge >= 0.3 is 5.63 Å². The highest BCUT2D eigenvalue weighted by molar-refractivity contribution is 7.89. The van der Waals surface area contributed by atoms with Gasteiger partial charge < -0.3 is 4.42 Å². The van der Waals surface area contributed by atoms with E-state index >= 15 is 0 Å². The van der Waals surface area contributed by atoms with Gasteiger partial charge in [-0.25, -0.2) is 13.2 Å². The molecule has 0 bridgehead atoms. The van der Waals surface area contributed by atoms with Crippen molar-refractivity contribution in [1.29, 1.82) is 0 Å². The molecule has 3 aromatic rings. The van der Waals surface area contributed by atoms with Gasteiger partial charge in [0.05, 0.1) is 9.77 Å². The van der Waals surface area contributed by atoms with Gasteiger partial charge in [0.25, 0.3) is 0 Å². The van der Waals surface area contributed by atoms with Crippen molar-refractivity contribution < 1.29 is 17.6 Å². The molecule has 1 atom stereocenters. The number of thiophene rings is 1. The Bertz CT molecular complexity index is 1150. The zero-order chi connectivity index (χ0) is 19.0. The van der Waals surface area contributed by atoms with Crippen LogP contribution in [0.2, 0.25) is 0 Å². The number of hydrogen-bond acceptors (Lipinski definition) is 6. The summed E-state index contributed by atoms with van der Waals surface area (Å²) >= 11 is 1.38. The number of nitrogens with zero attached hydrogens (tertiary/aromatic N) is 1. The minimum Gasteiger partial charge on any atom is -0.423 e. The van der Waals surface area contributed by atoms with Crippen molar-refractivity contribution in [3.05, 3.63) is 63.1 Å². The van der Waals surface area contributed by atoms with Crippen LogP contribution in [0.1, 0.15) is 22.5 Å². The Morgan fingerprint density at radius 2 is 2.04 bits per heavy atom. The second-order valence-corrected chi connectivity index (χ2v) is 9.38. The van der Waals surface area contributed by atoms with Gasteiger partial charge in [0, 0.05) is 30.5 Å². The minimum absolute atomic E-state index is 0.00480. The summed E-state index contributed by atoms with van der Waals surface area (Å²) in [5.41, 5.74) is -0.144. The molecule has 27 heavy (non-hydrogen) atoms. The van der Waals surface area contributed by atoms with Crippen molar-refractivity contribution in [2.24, 2.45) is 5.92 Å². The van der Waals surface area contributed by atoms with E-state index in [-0.39, 0.29) is 23.1 Å². The maximum atomic E-state index is 13.1. The van der Waals surface area contributed by atoms with Gasteiger partial charge in [0.15, 0.2) is 5.78 Å². The lowest BCUT2D eigenvalue weighted by molar-refractivity contribution is 0.0876. The smallest absolute Gasteiger partial charge is 0.336 e.